The van der Waals surface area contributed by atoms with Gasteiger partial charge < -0.3 is 4.52 Å². The SMILES string of the molecule is NNC(=O)c1cc(Cn2cnc3ccsc3c2=O)on1. The minimum Gasteiger partial charge on any atom is -0.359 e. The van der Waals surface area contributed by atoms with Gasteiger partial charge in [-0.2, -0.15) is 0 Å². The fourth-order valence-electron chi connectivity index (χ4n) is 1.73. The molecule has 3 rings (SSSR count). The number of rotatable bonds is 3. The standard InChI is InChI=1S/C11H9N5O3S/c12-14-10(17)8-3-6(19-15-8)4-16-5-13-7-1-2-20-9(7)11(16)18/h1-3,5H,4,12H2,(H,14,17). The average Bonchev–Trinajstić information content (AvgIpc) is 3.10. The Kier molecular flexibility index (Phi) is 3.05. The summed E-state index contributed by atoms with van der Waals surface area (Å²) in [6.07, 6.45) is 1.43. The van der Waals surface area contributed by atoms with Crippen LogP contribution in [0.2, 0.25) is 0 Å². The van der Waals surface area contributed by atoms with Gasteiger partial charge >= 0.3 is 0 Å². The smallest absolute Gasteiger partial charge is 0.287 e. The van der Waals surface area contributed by atoms with E-state index in [2.05, 4.69) is 10.1 Å². The van der Waals surface area contributed by atoms with Gasteiger partial charge in [0.05, 0.1) is 18.4 Å². The third-order valence-corrected chi connectivity index (χ3v) is 3.58. The van der Waals surface area contributed by atoms with Crippen molar-refractivity contribution in [3.8, 4) is 0 Å². The predicted octanol–water partition coefficient (Wildman–Crippen LogP) is 0.0978. The van der Waals surface area contributed by atoms with E-state index in [1.165, 1.54) is 28.3 Å². The van der Waals surface area contributed by atoms with Crippen LogP contribution in [0.25, 0.3) is 10.2 Å². The molecule has 8 nitrogen and oxygen atoms in total. The lowest BCUT2D eigenvalue weighted by atomic mass is 10.3. The Morgan fingerprint density at radius 1 is 1.55 bits per heavy atom. The fourth-order valence-corrected chi connectivity index (χ4v) is 2.52. The van der Waals surface area contributed by atoms with E-state index in [1.807, 2.05) is 10.8 Å². The Morgan fingerprint density at radius 3 is 3.20 bits per heavy atom. The molecule has 3 aromatic heterocycles. The van der Waals surface area contributed by atoms with Gasteiger partial charge in [-0.1, -0.05) is 5.16 Å². The number of amides is 1. The van der Waals surface area contributed by atoms with Crippen LogP contribution in [0.3, 0.4) is 0 Å². The monoisotopic (exact) mass is 291 g/mol. The summed E-state index contributed by atoms with van der Waals surface area (Å²) >= 11 is 1.33. The van der Waals surface area contributed by atoms with E-state index in [1.54, 1.807) is 6.07 Å². The first-order chi connectivity index (χ1) is 9.69. The Balaban J connectivity index is 1.93. The van der Waals surface area contributed by atoms with Gasteiger partial charge in [-0.25, -0.2) is 10.8 Å². The molecule has 102 valence electrons. The van der Waals surface area contributed by atoms with Crippen molar-refractivity contribution >= 4 is 27.5 Å². The molecule has 0 aromatic carbocycles. The van der Waals surface area contributed by atoms with Crippen LogP contribution in [0.5, 0.6) is 0 Å². The highest BCUT2D eigenvalue weighted by atomic mass is 32.1. The molecule has 0 saturated carbocycles. The Morgan fingerprint density at radius 2 is 2.40 bits per heavy atom. The molecule has 20 heavy (non-hydrogen) atoms. The van der Waals surface area contributed by atoms with Crippen LogP contribution in [0.4, 0.5) is 0 Å². The highest BCUT2D eigenvalue weighted by molar-refractivity contribution is 7.17. The number of nitrogen functional groups attached to an aromatic ring is 1. The topological polar surface area (TPSA) is 116 Å². The maximum atomic E-state index is 12.2. The van der Waals surface area contributed by atoms with E-state index in [0.29, 0.717) is 16.0 Å². The summed E-state index contributed by atoms with van der Waals surface area (Å²) in [6.45, 7) is 0.143. The molecular formula is C11H9N5O3S. The van der Waals surface area contributed by atoms with Crippen molar-refractivity contribution in [1.29, 1.82) is 0 Å². The highest BCUT2D eigenvalue weighted by Gasteiger charge is 2.13. The Bertz CT molecular complexity index is 834. The lowest BCUT2D eigenvalue weighted by molar-refractivity contribution is 0.0944. The fraction of sp³-hybridized carbons (Fsp3) is 0.0909. The summed E-state index contributed by atoms with van der Waals surface area (Å²) in [5.41, 5.74) is 2.51. The zero-order valence-electron chi connectivity index (χ0n) is 10.1. The Labute approximate surface area is 115 Å². The zero-order chi connectivity index (χ0) is 14.1. The number of hydrogen-bond acceptors (Lipinski definition) is 7. The van der Waals surface area contributed by atoms with E-state index in [-0.39, 0.29) is 17.8 Å². The number of fused-ring (bicyclic) bond motifs is 1. The van der Waals surface area contributed by atoms with Crippen LogP contribution in [-0.2, 0) is 6.54 Å². The van der Waals surface area contributed by atoms with E-state index in [0.717, 1.165) is 0 Å². The normalized spacial score (nSPS) is 10.8. The second kappa shape index (κ2) is 4.87. The van der Waals surface area contributed by atoms with Gasteiger partial charge in [0.25, 0.3) is 11.5 Å². The molecule has 0 spiro atoms. The van der Waals surface area contributed by atoms with Crippen molar-refractivity contribution in [2.75, 3.05) is 0 Å². The number of thiophene rings is 1. The summed E-state index contributed by atoms with van der Waals surface area (Å²) in [6, 6.07) is 3.21. The van der Waals surface area contributed by atoms with Crippen molar-refractivity contribution in [1.82, 2.24) is 20.1 Å². The quantitative estimate of drug-likeness (QED) is 0.401. The third kappa shape index (κ3) is 2.08. The average molecular weight is 291 g/mol. The first-order valence-corrected chi connectivity index (χ1v) is 6.46. The maximum absolute atomic E-state index is 12.2. The number of hydrazine groups is 1. The molecule has 3 N–H and O–H groups in total. The zero-order valence-corrected chi connectivity index (χ0v) is 10.9. The van der Waals surface area contributed by atoms with Crippen molar-refractivity contribution in [2.45, 2.75) is 6.54 Å². The summed E-state index contributed by atoms with van der Waals surface area (Å²) in [7, 11) is 0. The molecule has 0 aliphatic rings. The largest absolute Gasteiger partial charge is 0.359 e. The summed E-state index contributed by atoms with van der Waals surface area (Å²) in [5.74, 6) is 4.80. The van der Waals surface area contributed by atoms with Crippen LogP contribution in [0, 0.1) is 0 Å². The van der Waals surface area contributed by atoms with Crippen LogP contribution in [0.1, 0.15) is 16.2 Å². The second-order valence-electron chi connectivity index (χ2n) is 3.96. The van der Waals surface area contributed by atoms with Crippen LogP contribution in [0.15, 0.2) is 33.2 Å². The minimum atomic E-state index is -0.556. The van der Waals surface area contributed by atoms with E-state index >= 15 is 0 Å². The van der Waals surface area contributed by atoms with Crippen molar-refractivity contribution < 1.29 is 9.32 Å². The number of nitrogens with two attached hydrogens (primary N) is 1. The first-order valence-electron chi connectivity index (χ1n) is 5.58. The molecule has 0 unspecified atom stereocenters. The third-order valence-electron chi connectivity index (χ3n) is 2.68. The Hall–Kier alpha value is -2.52. The lowest BCUT2D eigenvalue weighted by Crippen LogP contribution is -2.30. The van der Waals surface area contributed by atoms with Crippen LogP contribution in [-0.4, -0.2) is 20.6 Å². The molecule has 0 radical (unpaired) electrons. The number of aromatic nitrogens is 3. The van der Waals surface area contributed by atoms with Gasteiger partial charge in [0.2, 0.25) is 0 Å². The van der Waals surface area contributed by atoms with Gasteiger partial charge in [0, 0.05) is 6.07 Å². The minimum absolute atomic E-state index is 0.0562. The number of carbonyl (C=O) groups excluding carboxylic acids is 1. The molecule has 0 aliphatic carbocycles. The van der Waals surface area contributed by atoms with E-state index in [9.17, 15) is 9.59 Å². The highest BCUT2D eigenvalue weighted by Crippen LogP contribution is 2.13. The number of nitrogens with zero attached hydrogens (tertiary/aromatic N) is 3. The molecule has 0 bridgehead atoms. The molecular weight excluding hydrogens is 282 g/mol. The van der Waals surface area contributed by atoms with Gasteiger partial charge in [0.15, 0.2) is 11.5 Å². The molecule has 1 amide bonds. The first kappa shape index (κ1) is 12.5. The maximum Gasteiger partial charge on any atom is 0.287 e. The van der Waals surface area contributed by atoms with Crippen LogP contribution >= 0.6 is 11.3 Å². The summed E-state index contributed by atoms with van der Waals surface area (Å²) < 4.78 is 6.96. The van der Waals surface area contributed by atoms with Gasteiger partial charge in [-0.05, 0) is 11.4 Å². The molecule has 9 heteroatoms. The van der Waals surface area contributed by atoms with Crippen molar-refractivity contribution in [3.63, 3.8) is 0 Å². The van der Waals surface area contributed by atoms with Crippen LogP contribution < -0.4 is 16.8 Å². The van der Waals surface area contributed by atoms with Gasteiger partial charge in [0.1, 0.15) is 4.70 Å². The molecule has 0 fully saturated rings. The summed E-state index contributed by atoms with van der Waals surface area (Å²) in [5, 5.41) is 5.37. The number of carbonyl (C=O) groups is 1. The molecule has 0 saturated heterocycles. The summed E-state index contributed by atoms with van der Waals surface area (Å²) in [4.78, 5) is 27.6. The van der Waals surface area contributed by atoms with Crippen molar-refractivity contribution in [2.24, 2.45) is 5.84 Å². The van der Waals surface area contributed by atoms with Gasteiger partial charge in [-0.3, -0.25) is 19.6 Å². The van der Waals surface area contributed by atoms with E-state index < -0.39 is 5.91 Å². The number of hydrogen-bond donors (Lipinski definition) is 2. The van der Waals surface area contributed by atoms with Gasteiger partial charge in [-0.15, -0.1) is 11.3 Å². The molecule has 0 atom stereocenters. The predicted molar refractivity (Wildman–Crippen MR) is 71.1 cm³/mol. The second-order valence-corrected chi connectivity index (χ2v) is 4.88. The molecule has 3 heterocycles. The van der Waals surface area contributed by atoms with E-state index in [4.69, 9.17) is 10.4 Å². The molecule has 0 aliphatic heterocycles. The molecule has 3 aromatic rings. The lowest BCUT2D eigenvalue weighted by Gasteiger charge is -2.01. The number of nitrogens with one attached hydrogen (secondary N) is 1. The van der Waals surface area contributed by atoms with Crippen molar-refractivity contribution in [3.05, 3.63) is 45.6 Å².